The van der Waals surface area contributed by atoms with Crippen LogP contribution < -0.4 is 5.32 Å². The number of hydrogen-bond acceptors (Lipinski definition) is 2. The zero-order chi connectivity index (χ0) is 13.3. The van der Waals surface area contributed by atoms with Gasteiger partial charge in [-0.1, -0.05) is 17.7 Å². The minimum atomic E-state index is -0.196. The van der Waals surface area contributed by atoms with Gasteiger partial charge in [-0.3, -0.25) is 4.68 Å². The molecule has 2 aromatic rings. The molecule has 0 aliphatic rings. The zero-order valence-corrected chi connectivity index (χ0v) is 11.2. The molecular formula is C14H18FN3. The van der Waals surface area contributed by atoms with Crippen molar-refractivity contribution in [2.75, 3.05) is 7.05 Å². The summed E-state index contributed by atoms with van der Waals surface area (Å²) in [5.74, 6) is -0.196. The SMILES string of the molecule is CNC(c1cc(C)ccc1F)c1cc(C)nn1C. The van der Waals surface area contributed by atoms with Gasteiger partial charge in [-0.25, -0.2) is 4.39 Å². The van der Waals surface area contributed by atoms with Gasteiger partial charge in [0.1, 0.15) is 5.82 Å². The number of aryl methyl sites for hydroxylation is 3. The van der Waals surface area contributed by atoms with E-state index in [2.05, 4.69) is 10.4 Å². The number of halogens is 1. The highest BCUT2D eigenvalue weighted by Gasteiger charge is 2.19. The number of hydrogen-bond donors (Lipinski definition) is 1. The summed E-state index contributed by atoms with van der Waals surface area (Å²) < 4.78 is 15.8. The Kier molecular flexibility index (Phi) is 3.48. The summed E-state index contributed by atoms with van der Waals surface area (Å²) in [4.78, 5) is 0. The van der Waals surface area contributed by atoms with E-state index in [0.717, 1.165) is 17.0 Å². The van der Waals surface area contributed by atoms with Crippen LogP contribution in [0.15, 0.2) is 24.3 Å². The first-order valence-corrected chi connectivity index (χ1v) is 5.96. The summed E-state index contributed by atoms with van der Waals surface area (Å²) in [6.45, 7) is 3.90. The third-order valence-corrected chi connectivity index (χ3v) is 3.09. The van der Waals surface area contributed by atoms with Gasteiger partial charge >= 0.3 is 0 Å². The predicted molar refractivity (Wildman–Crippen MR) is 70.0 cm³/mol. The van der Waals surface area contributed by atoms with Crippen molar-refractivity contribution in [1.29, 1.82) is 0 Å². The fourth-order valence-corrected chi connectivity index (χ4v) is 2.25. The second-order valence-corrected chi connectivity index (χ2v) is 4.58. The molecule has 1 N–H and O–H groups in total. The van der Waals surface area contributed by atoms with Crippen LogP contribution in [-0.2, 0) is 7.05 Å². The molecular weight excluding hydrogens is 229 g/mol. The van der Waals surface area contributed by atoms with Crippen molar-refractivity contribution in [2.24, 2.45) is 7.05 Å². The van der Waals surface area contributed by atoms with Gasteiger partial charge < -0.3 is 5.32 Å². The Bertz CT molecular complexity index is 560. The van der Waals surface area contributed by atoms with Gasteiger partial charge in [0, 0.05) is 12.6 Å². The summed E-state index contributed by atoms with van der Waals surface area (Å²) >= 11 is 0. The lowest BCUT2D eigenvalue weighted by atomic mass is 10.0. The Morgan fingerprint density at radius 2 is 2.00 bits per heavy atom. The van der Waals surface area contributed by atoms with Crippen LogP contribution in [0.5, 0.6) is 0 Å². The third kappa shape index (κ3) is 2.29. The smallest absolute Gasteiger partial charge is 0.128 e. The average molecular weight is 247 g/mol. The van der Waals surface area contributed by atoms with Gasteiger partial charge in [0.25, 0.3) is 0 Å². The standard InChI is InChI=1S/C14H18FN3/c1-9-5-6-12(15)11(7-9)14(16-3)13-8-10(2)17-18(13)4/h5-8,14,16H,1-4H3. The summed E-state index contributed by atoms with van der Waals surface area (Å²) in [5.41, 5.74) is 3.59. The molecule has 1 unspecified atom stereocenters. The van der Waals surface area contributed by atoms with Crippen molar-refractivity contribution in [3.05, 3.63) is 52.6 Å². The van der Waals surface area contributed by atoms with E-state index in [1.54, 1.807) is 10.7 Å². The van der Waals surface area contributed by atoms with Crippen molar-refractivity contribution >= 4 is 0 Å². The molecule has 0 radical (unpaired) electrons. The molecule has 1 atom stereocenters. The maximum absolute atomic E-state index is 14.0. The largest absolute Gasteiger partial charge is 0.308 e. The molecule has 0 amide bonds. The summed E-state index contributed by atoms with van der Waals surface area (Å²) in [7, 11) is 3.70. The van der Waals surface area contributed by atoms with E-state index >= 15 is 0 Å². The van der Waals surface area contributed by atoms with Crippen molar-refractivity contribution < 1.29 is 4.39 Å². The molecule has 4 heteroatoms. The van der Waals surface area contributed by atoms with Gasteiger partial charge in [-0.05, 0) is 33.0 Å². The molecule has 0 spiro atoms. The van der Waals surface area contributed by atoms with Gasteiger partial charge in [-0.2, -0.15) is 5.10 Å². The summed E-state index contributed by atoms with van der Waals surface area (Å²) in [6.07, 6.45) is 0. The van der Waals surface area contributed by atoms with E-state index in [-0.39, 0.29) is 11.9 Å². The number of rotatable bonds is 3. The fraction of sp³-hybridized carbons (Fsp3) is 0.357. The van der Waals surface area contributed by atoms with Crippen LogP contribution in [0.1, 0.15) is 28.6 Å². The van der Waals surface area contributed by atoms with Crippen molar-refractivity contribution in [3.63, 3.8) is 0 Å². The number of nitrogens with one attached hydrogen (secondary N) is 1. The molecule has 2 rings (SSSR count). The second-order valence-electron chi connectivity index (χ2n) is 4.58. The number of aromatic nitrogens is 2. The van der Waals surface area contributed by atoms with Crippen LogP contribution in [-0.4, -0.2) is 16.8 Å². The molecule has 1 aromatic carbocycles. The minimum Gasteiger partial charge on any atom is -0.308 e. The first kappa shape index (κ1) is 12.8. The highest BCUT2D eigenvalue weighted by atomic mass is 19.1. The van der Waals surface area contributed by atoms with Crippen LogP contribution in [0, 0.1) is 19.7 Å². The molecule has 3 nitrogen and oxygen atoms in total. The van der Waals surface area contributed by atoms with Crippen molar-refractivity contribution in [1.82, 2.24) is 15.1 Å². The quantitative estimate of drug-likeness (QED) is 0.903. The monoisotopic (exact) mass is 247 g/mol. The van der Waals surface area contributed by atoms with Crippen molar-refractivity contribution in [3.8, 4) is 0 Å². The third-order valence-electron chi connectivity index (χ3n) is 3.09. The highest BCUT2D eigenvalue weighted by molar-refractivity contribution is 5.33. The maximum Gasteiger partial charge on any atom is 0.128 e. The first-order chi connectivity index (χ1) is 8.52. The molecule has 0 fully saturated rings. The predicted octanol–water partition coefficient (Wildman–Crippen LogP) is 2.48. The van der Waals surface area contributed by atoms with Crippen LogP contribution in [0.2, 0.25) is 0 Å². The van der Waals surface area contributed by atoms with E-state index < -0.39 is 0 Å². The van der Waals surface area contributed by atoms with Gasteiger partial charge in [0.05, 0.1) is 17.4 Å². The number of nitrogens with zero attached hydrogens (tertiary/aromatic N) is 2. The lowest BCUT2D eigenvalue weighted by molar-refractivity contribution is 0.551. The summed E-state index contributed by atoms with van der Waals surface area (Å²) in [5, 5.41) is 7.47. The molecule has 0 aliphatic heterocycles. The lowest BCUT2D eigenvalue weighted by Gasteiger charge is -2.18. The Hall–Kier alpha value is -1.68. The van der Waals surface area contributed by atoms with E-state index in [1.165, 1.54) is 6.07 Å². The maximum atomic E-state index is 14.0. The Morgan fingerprint density at radius 3 is 2.56 bits per heavy atom. The molecule has 0 saturated heterocycles. The fourth-order valence-electron chi connectivity index (χ4n) is 2.25. The van der Waals surface area contributed by atoms with E-state index in [0.29, 0.717) is 5.56 Å². The van der Waals surface area contributed by atoms with E-state index in [4.69, 9.17) is 0 Å². The Morgan fingerprint density at radius 1 is 1.28 bits per heavy atom. The highest BCUT2D eigenvalue weighted by Crippen LogP contribution is 2.25. The molecule has 18 heavy (non-hydrogen) atoms. The van der Waals surface area contributed by atoms with Crippen LogP contribution in [0.3, 0.4) is 0 Å². The topological polar surface area (TPSA) is 29.9 Å². The van der Waals surface area contributed by atoms with Crippen molar-refractivity contribution in [2.45, 2.75) is 19.9 Å². The van der Waals surface area contributed by atoms with Gasteiger partial charge in [0.15, 0.2) is 0 Å². The van der Waals surface area contributed by atoms with Gasteiger partial charge in [-0.15, -0.1) is 0 Å². The minimum absolute atomic E-state index is 0.184. The lowest BCUT2D eigenvalue weighted by Crippen LogP contribution is -2.21. The zero-order valence-electron chi connectivity index (χ0n) is 11.2. The Labute approximate surface area is 107 Å². The van der Waals surface area contributed by atoms with Crippen LogP contribution >= 0.6 is 0 Å². The van der Waals surface area contributed by atoms with Crippen LogP contribution in [0.4, 0.5) is 4.39 Å². The second kappa shape index (κ2) is 4.90. The van der Waals surface area contributed by atoms with E-state index in [9.17, 15) is 4.39 Å². The van der Waals surface area contributed by atoms with Crippen LogP contribution in [0.25, 0.3) is 0 Å². The normalized spacial score (nSPS) is 12.7. The first-order valence-electron chi connectivity index (χ1n) is 5.96. The van der Waals surface area contributed by atoms with Gasteiger partial charge in [0.2, 0.25) is 0 Å². The molecule has 1 heterocycles. The molecule has 1 aromatic heterocycles. The molecule has 96 valence electrons. The number of benzene rings is 1. The average Bonchev–Trinajstić information content (AvgIpc) is 2.64. The molecule has 0 bridgehead atoms. The molecule has 0 aliphatic carbocycles. The molecule has 0 saturated carbocycles. The van der Waals surface area contributed by atoms with E-state index in [1.807, 2.05) is 40.1 Å². The Balaban J connectivity index is 2.51. The summed E-state index contributed by atoms with van der Waals surface area (Å²) in [6, 6.07) is 6.95.